The van der Waals surface area contributed by atoms with Crippen LogP contribution < -0.4 is 9.30 Å². The zero-order chi connectivity index (χ0) is 41.3. The summed E-state index contributed by atoms with van der Waals surface area (Å²) in [6, 6.07) is 45.2. The van der Waals surface area contributed by atoms with Crippen LogP contribution in [0.25, 0.3) is 61.2 Å². The summed E-state index contributed by atoms with van der Waals surface area (Å²) in [6.07, 6.45) is 9.28. The molecule has 6 nitrogen and oxygen atoms in total. The fraction of sp³-hybridized carbons (Fsp3) is 0.226. The second-order valence-electron chi connectivity index (χ2n) is 18.7. The van der Waals surface area contributed by atoms with E-state index in [1.165, 1.54) is 16.7 Å². The highest BCUT2D eigenvalue weighted by Gasteiger charge is 2.24. The zero-order valence-corrected chi connectivity index (χ0v) is 35.5. The van der Waals surface area contributed by atoms with Crippen LogP contribution in [0.15, 0.2) is 146 Å². The standard InChI is InChI=1S/C53H51N5O/c1-51(2,3)36-23-24-55-49(28-36)58-45-20-14-13-19-43(45)50-44(35-17-11-10-12-18-35)30-41(31-48(50)58)59-42-29-40(32-54-33-42)57-34-56(46-21-15-16-22-47(46)57)39-26-37(52(4,5)6)25-38(27-39)53(7,8)9/h10-33H,1-9H3. The Balaban J connectivity index is 1.19. The summed E-state index contributed by atoms with van der Waals surface area (Å²) in [7, 11) is 0. The van der Waals surface area contributed by atoms with Gasteiger partial charge in [0.1, 0.15) is 17.3 Å². The lowest BCUT2D eigenvalue weighted by molar-refractivity contribution is -0.572. The molecule has 6 heteroatoms. The predicted molar refractivity (Wildman–Crippen MR) is 242 cm³/mol. The van der Waals surface area contributed by atoms with Crippen LogP contribution in [0, 0.1) is 6.33 Å². The normalized spacial score (nSPS) is 12.5. The number of fused-ring (bicyclic) bond motifs is 4. The van der Waals surface area contributed by atoms with E-state index in [1.54, 1.807) is 6.20 Å². The maximum absolute atomic E-state index is 6.86. The molecule has 0 bridgehead atoms. The zero-order valence-electron chi connectivity index (χ0n) is 35.5. The Morgan fingerprint density at radius 3 is 1.95 bits per heavy atom. The van der Waals surface area contributed by atoms with E-state index in [0.717, 1.165) is 61.2 Å². The van der Waals surface area contributed by atoms with Crippen LogP contribution in [0.4, 0.5) is 0 Å². The van der Waals surface area contributed by atoms with Crippen LogP contribution in [-0.2, 0) is 16.2 Å². The molecule has 4 heterocycles. The molecule has 0 spiro atoms. The molecule has 5 aromatic carbocycles. The Morgan fingerprint density at radius 1 is 0.576 bits per heavy atom. The summed E-state index contributed by atoms with van der Waals surface area (Å²) in [5.41, 5.74) is 12.0. The van der Waals surface area contributed by atoms with Crippen molar-refractivity contribution in [3.05, 3.63) is 169 Å². The lowest BCUT2D eigenvalue weighted by Gasteiger charge is -2.26. The Kier molecular flexibility index (Phi) is 9.08. The fourth-order valence-electron chi connectivity index (χ4n) is 8.00. The molecule has 4 aromatic heterocycles. The van der Waals surface area contributed by atoms with E-state index < -0.39 is 0 Å². The quantitative estimate of drug-likeness (QED) is 0.125. The van der Waals surface area contributed by atoms with Gasteiger partial charge in [0.2, 0.25) is 0 Å². The highest BCUT2D eigenvalue weighted by Crippen LogP contribution is 2.42. The number of aromatic nitrogens is 5. The van der Waals surface area contributed by atoms with Gasteiger partial charge in [-0.25, -0.2) is 4.98 Å². The Morgan fingerprint density at radius 2 is 1.24 bits per heavy atom. The number of rotatable bonds is 6. The van der Waals surface area contributed by atoms with Crippen molar-refractivity contribution in [2.24, 2.45) is 0 Å². The topological polar surface area (TPSA) is 48.8 Å². The average molecular weight is 774 g/mol. The van der Waals surface area contributed by atoms with Gasteiger partial charge in [0, 0.05) is 29.2 Å². The molecule has 0 unspecified atom stereocenters. The molecular weight excluding hydrogens is 723 g/mol. The predicted octanol–water partition coefficient (Wildman–Crippen LogP) is 12.9. The first-order chi connectivity index (χ1) is 28.1. The largest absolute Gasteiger partial charge is 0.456 e. The number of hydrogen-bond donors (Lipinski definition) is 0. The highest BCUT2D eigenvalue weighted by molar-refractivity contribution is 6.16. The number of benzene rings is 5. The average Bonchev–Trinajstić information content (AvgIpc) is 3.76. The summed E-state index contributed by atoms with van der Waals surface area (Å²) < 4.78 is 13.4. The van der Waals surface area contributed by atoms with Crippen LogP contribution in [-0.4, -0.2) is 19.1 Å². The van der Waals surface area contributed by atoms with Crippen molar-refractivity contribution in [1.82, 2.24) is 19.1 Å². The minimum absolute atomic E-state index is 0.0186. The van der Waals surface area contributed by atoms with Crippen LogP contribution in [0.3, 0.4) is 0 Å². The number of pyridine rings is 2. The van der Waals surface area contributed by atoms with Crippen molar-refractivity contribution in [3.63, 3.8) is 0 Å². The van der Waals surface area contributed by atoms with Gasteiger partial charge in [0.15, 0.2) is 0 Å². The van der Waals surface area contributed by atoms with Crippen molar-refractivity contribution < 1.29 is 9.30 Å². The number of hydrogen-bond acceptors (Lipinski definition) is 3. The Labute approximate surface area is 347 Å². The maximum Gasteiger partial charge on any atom is 0.269 e. The number of imidazole rings is 1. The molecule has 0 aliphatic heterocycles. The van der Waals surface area contributed by atoms with Crippen molar-refractivity contribution in [2.75, 3.05) is 0 Å². The third-order valence-electron chi connectivity index (χ3n) is 11.3. The Bertz CT molecular complexity index is 2990. The van der Waals surface area contributed by atoms with Crippen molar-refractivity contribution in [2.45, 2.75) is 78.6 Å². The fourth-order valence-corrected chi connectivity index (χ4v) is 8.00. The molecular formula is C53H51N5O. The minimum Gasteiger partial charge on any atom is -0.456 e. The van der Waals surface area contributed by atoms with Crippen LogP contribution in [0.5, 0.6) is 11.5 Å². The van der Waals surface area contributed by atoms with Gasteiger partial charge in [-0.05, 0) is 86.5 Å². The van der Waals surface area contributed by atoms with Crippen molar-refractivity contribution in [3.8, 4) is 39.8 Å². The van der Waals surface area contributed by atoms with Gasteiger partial charge < -0.3 is 4.74 Å². The summed E-state index contributed by atoms with van der Waals surface area (Å²) in [5, 5.41) is 2.31. The summed E-state index contributed by atoms with van der Waals surface area (Å²) >= 11 is 0. The van der Waals surface area contributed by atoms with Crippen molar-refractivity contribution in [1.29, 1.82) is 0 Å². The molecule has 0 N–H and O–H groups in total. The van der Waals surface area contributed by atoms with Gasteiger partial charge in [-0.2, -0.15) is 0 Å². The molecule has 0 radical (unpaired) electrons. The molecule has 0 saturated carbocycles. The van der Waals surface area contributed by atoms with E-state index in [4.69, 9.17) is 14.7 Å². The first kappa shape index (κ1) is 38.0. The van der Waals surface area contributed by atoms with Gasteiger partial charge in [0.25, 0.3) is 6.33 Å². The third kappa shape index (κ3) is 7.07. The second kappa shape index (κ2) is 14.1. The van der Waals surface area contributed by atoms with Gasteiger partial charge in [-0.15, -0.1) is 0 Å². The summed E-state index contributed by atoms with van der Waals surface area (Å²) in [6.45, 7) is 20.3. The van der Waals surface area contributed by atoms with Crippen LogP contribution >= 0.6 is 0 Å². The monoisotopic (exact) mass is 773 g/mol. The molecule has 294 valence electrons. The SMILES string of the molecule is CC(C)(C)c1cc(-[n+]2[c-]n(-c3cncc(Oc4cc(-c5ccccc5)c5c6ccccc6n(-c6cc(C(C)(C)C)ccn6)c5c4)c3)c3ccccc32)cc(C(C)(C)C)c1. The molecule has 0 aliphatic rings. The number of ether oxygens (including phenoxy) is 1. The third-order valence-corrected chi connectivity index (χ3v) is 11.3. The minimum atomic E-state index is -0.0362. The smallest absolute Gasteiger partial charge is 0.269 e. The van der Waals surface area contributed by atoms with E-state index in [-0.39, 0.29) is 16.2 Å². The van der Waals surface area contributed by atoms with Gasteiger partial charge in [-0.3, -0.25) is 18.7 Å². The van der Waals surface area contributed by atoms with Crippen LogP contribution in [0.2, 0.25) is 0 Å². The van der Waals surface area contributed by atoms with E-state index in [2.05, 4.69) is 204 Å². The summed E-state index contributed by atoms with van der Waals surface area (Å²) in [4.78, 5) is 9.67. The maximum atomic E-state index is 6.86. The van der Waals surface area contributed by atoms with Gasteiger partial charge in [-0.1, -0.05) is 141 Å². The van der Waals surface area contributed by atoms with Crippen LogP contribution in [0.1, 0.15) is 79.0 Å². The van der Waals surface area contributed by atoms with E-state index >= 15 is 0 Å². The van der Waals surface area contributed by atoms with E-state index in [9.17, 15) is 0 Å². The molecule has 0 saturated heterocycles. The molecule has 59 heavy (non-hydrogen) atoms. The van der Waals surface area contributed by atoms with Crippen molar-refractivity contribution >= 4 is 32.8 Å². The second-order valence-corrected chi connectivity index (χ2v) is 18.7. The summed E-state index contributed by atoms with van der Waals surface area (Å²) in [5.74, 6) is 2.20. The lowest BCUT2D eigenvalue weighted by Crippen LogP contribution is -2.31. The molecule has 0 fully saturated rings. The van der Waals surface area contributed by atoms with E-state index in [1.807, 2.05) is 18.5 Å². The molecule has 9 aromatic rings. The molecule has 9 rings (SSSR count). The van der Waals surface area contributed by atoms with Gasteiger partial charge in [0.05, 0.1) is 39.6 Å². The molecule has 0 atom stereocenters. The Hall–Kier alpha value is -6.53. The first-order valence-electron chi connectivity index (χ1n) is 20.5. The number of nitrogens with zero attached hydrogens (tertiary/aromatic N) is 5. The van der Waals surface area contributed by atoms with Gasteiger partial charge >= 0.3 is 0 Å². The molecule has 0 amide bonds. The first-order valence-corrected chi connectivity index (χ1v) is 20.5. The number of para-hydroxylation sites is 3. The van der Waals surface area contributed by atoms with E-state index in [0.29, 0.717) is 11.5 Å². The highest BCUT2D eigenvalue weighted by atomic mass is 16.5. The molecule has 0 aliphatic carbocycles. The lowest BCUT2D eigenvalue weighted by atomic mass is 9.80.